The van der Waals surface area contributed by atoms with E-state index < -0.39 is 5.97 Å². The molecule has 0 aliphatic carbocycles. The van der Waals surface area contributed by atoms with Gasteiger partial charge in [0.25, 0.3) is 0 Å². The van der Waals surface area contributed by atoms with Crippen molar-refractivity contribution in [2.45, 2.75) is 7.43 Å². The van der Waals surface area contributed by atoms with E-state index >= 15 is 0 Å². The maximum Gasteiger partial charge on any atom is 0.322 e. The van der Waals surface area contributed by atoms with E-state index in [0.717, 1.165) is 101 Å². The lowest BCUT2D eigenvalue weighted by Crippen LogP contribution is -2.12. The number of rotatable bonds is 11. The Kier molecular flexibility index (Phi) is 13.6. The molecule has 8 nitrogen and oxygen atoms in total. The van der Waals surface area contributed by atoms with E-state index in [-0.39, 0.29) is 14.0 Å². The number of hydrogen-bond donors (Lipinski definition) is 3. The van der Waals surface area contributed by atoms with Gasteiger partial charge in [-0.3, -0.25) is 4.79 Å². The second-order valence-electron chi connectivity index (χ2n) is 15.9. The number of aromatic nitrogens is 4. The minimum absolute atomic E-state index is 0. The lowest BCUT2D eigenvalue weighted by Gasteiger charge is -2.13. The van der Waals surface area contributed by atoms with E-state index in [1.54, 1.807) is 0 Å². The number of anilines is 2. The molecule has 0 atom stereocenters. The quantitative estimate of drug-likeness (QED) is 0.112. The largest absolute Gasteiger partial charge is 0.480 e. The molecular weight excluding hydrogens is 825 g/mol. The van der Waals surface area contributed by atoms with Gasteiger partial charge in [0.1, 0.15) is 18.2 Å². The predicted molar refractivity (Wildman–Crippen MR) is 277 cm³/mol. The summed E-state index contributed by atoms with van der Waals surface area (Å²) in [5.74, 6) is 0.892. The average molecular weight is 877 g/mol. The standard InChI is InChI=1S/C30H25N3O2.C28H23N3.CH4/c1-33-29(22-13-6-3-7-14-22)28(21-11-4-2-5-12-21)32-30(33)26-18-9-8-17-25(26)23-15-10-16-24(19-23)31-20-27(34)35;1-31-27(21-13-6-3-7-14-21)26(20-11-4-2-5-12-20)30-28(31)25-18-9-8-17-24(25)22-15-10-16-23(29)19-22;/h2-19,31H,20H2,1H3,(H,34,35);2-19H,29H2,1H3;1H4. The molecule has 0 aliphatic rings. The fourth-order valence-corrected chi connectivity index (χ4v) is 8.47. The molecule has 0 amide bonds. The van der Waals surface area contributed by atoms with E-state index in [9.17, 15) is 4.79 Å². The van der Waals surface area contributed by atoms with Gasteiger partial charge in [0, 0.05) is 58.9 Å². The van der Waals surface area contributed by atoms with Gasteiger partial charge in [-0.1, -0.05) is 202 Å². The number of carboxylic acid groups (broad SMARTS) is 1. The topological polar surface area (TPSA) is 111 Å². The summed E-state index contributed by atoms with van der Waals surface area (Å²) in [4.78, 5) is 21.3. The SMILES string of the molecule is C.Cn1c(-c2ccccc2-c2cccc(N)c2)nc(-c2ccccc2)c1-c1ccccc1.Cn1c(-c2ccccc2-c2cccc(NCC(=O)O)c2)nc(-c2ccccc2)c1-c1ccccc1. The van der Waals surface area contributed by atoms with Crippen LogP contribution in [0, 0.1) is 0 Å². The maximum absolute atomic E-state index is 11.0. The molecule has 0 fully saturated rings. The van der Waals surface area contributed by atoms with Crippen LogP contribution in [0.5, 0.6) is 0 Å². The number of nitrogens with one attached hydrogen (secondary N) is 1. The molecule has 0 unspecified atom stereocenters. The Labute approximate surface area is 392 Å². The fraction of sp³-hybridized carbons (Fsp3) is 0.0678. The third-order valence-corrected chi connectivity index (χ3v) is 11.5. The monoisotopic (exact) mass is 876 g/mol. The molecule has 10 rings (SSSR count). The van der Waals surface area contributed by atoms with Gasteiger partial charge in [-0.05, 0) is 46.5 Å². The van der Waals surface area contributed by atoms with E-state index in [0.29, 0.717) is 0 Å². The number of aliphatic carboxylic acids is 1. The van der Waals surface area contributed by atoms with Crippen LogP contribution in [0.2, 0.25) is 0 Å². The van der Waals surface area contributed by atoms with Crippen LogP contribution < -0.4 is 11.1 Å². The highest BCUT2D eigenvalue weighted by atomic mass is 16.4. The van der Waals surface area contributed by atoms with Gasteiger partial charge in [-0.2, -0.15) is 0 Å². The van der Waals surface area contributed by atoms with Crippen LogP contribution >= 0.6 is 0 Å². The fourth-order valence-electron chi connectivity index (χ4n) is 8.47. The van der Waals surface area contributed by atoms with E-state index in [2.05, 4.69) is 144 Å². The van der Waals surface area contributed by atoms with Crippen molar-refractivity contribution in [2.75, 3.05) is 17.6 Å². The zero-order valence-corrected chi connectivity index (χ0v) is 36.7. The van der Waals surface area contributed by atoms with Gasteiger partial charge in [0.05, 0.1) is 22.8 Å². The minimum Gasteiger partial charge on any atom is -0.480 e. The van der Waals surface area contributed by atoms with Crippen molar-refractivity contribution in [3.63, 3.8) is 0 Å². The van der Waals surface area contributed by atoms with Crippen LogP contribution in [0.15, 0.2) is 218 Å². The van der Waals surface area contributed by atoms with Crippen molar-refractivity contribution in [3.8, 4) is 90.1 Å². The second-order valence-corrected chi connectivity index (χ2v) is 15.9. The Balaban J connectivity index is 0.000000180. The first-order valence-corrected chi connectivity index (χ1v) is 21.8. The van der Waals surface area contributed by atoms with Crippen molar-refractivity contribution < 1.29 is 9.90 Å². The molecule has 4 N–H and O–H groups in total. The van der Waals surface area contributed by atoms with Gasteiger partial charge in [0.2, 0.25) is 0 Å². The zero-order chi connectivity index (χ0) is 45.4. The summed E-state index contributed by atoms with van der Waals surface area (Å²) in [7, 11) is 4.14. The molecule has 2 heterocycles. The molecule has 10 aromatic rings. The number of nitrogen functional groups attached to an aromatic ring is 1. The number of nitrogens with zero attached hydrogens (tertiary/aromatic N) is 4. The minimum atomic E-state index is -0.898. The summed E-state index contributed by atoms with van der Waals surface area (Å²) in [5.41, 5.74) is 22.4. The Morgan fingerprint density at radius 2 is 0.821 bits per heavy atom. The molecular formula is C59H52N6O2. The molecule has 0 radical (unpaired) electrons. The lowest BCUT2D eigenvalue weighted by atomic mass is 9.98. The van der Waals surface area contributed by atoms with E-state index in [4.69, 9.17) is 20.8 Å². The molecule has 0 aliphatic heterocycles. The predicted octanol–water partition coefficient (Wildman–Crippen LogP) is 13.9. The third-order valence-electron chi connectivity index (χ3n) is 11.5. The van der Waals surface area contributed by atoms with Gasteiger partial charge in [0.15, 0.2) is 0 Å². The molecule has 8 aromatic carbocycles. The molecule has 0 saturated carbocycles. The number of nitrogens with two attached hydrogens (primary N) is 1. The van der Waals surface area contributed by atoms with Crippen LogP contribution in [0.4, 0.5) is 11.4 Å². The van der Waals surface area contributed by atoms with Crippen molar-refractivity contribution in [1.82, 2.24) is 19.1 Å². The summed E-state index contributed by atoms with van der Waals surface area (Å²) in [5, 5.41) is 12.0. The number of carbonyl (C=O) groups is 1. The van der Waals surface area contributed by atoms with Crippen LogP contribution in [0.25, 0.3) is 90.1 Å². The van der Waals surface area contributed by atoms with Crippen LogP contribution in [0.3, 0.4) is 0 Å². The second kappa shape index (κ2) is 20.4. The number of benzene rings is 8. The zero-order valence-electron chi connectivity index (χ0n) is 36.7. The van der Waals surface area contributed by atoms with Crippen molar-refractivity contribution in [1.29, 1.82) is 0 Å². The van der Waals surface area contributed by atoms with Gasteiger partial charge in [-0.25, -0.2) is 9.97 Å². The Hall–Kier alpha value is -8.75. The summed E-state index contributed by atoms with van der Waals surface area (Å²) < 4.78 is 4.35. The van der Waals surface area contributed by atoms with Crippen LogP contribution in [-0.4, -0.2) is 36.7 Å². The van der Waals surface area contributed by atoms with Crippen molar-refractivity contribution in [2.24, 2.45) is 14.1 Å². The summed E-state index contributed by atoms with van der Waals surface area (Å²) >= 11 is 0. The Morgan fingerprint density at radius 3 is 1.24 bits per heavy atom. The van der Waals surface area contributed by atoms with Gasteiger partial charge < -0.3 is 25.3 Å². The smallest absolute Gasteiger partial charge is 0.322 e. The Bertz CT molecular complexity index is 3250. The summed E-state index contributed by atoms with van der Waals surface area (Å²) in [6.45, 7) is -0.134. The highest BCUT2D eigenvalue weighted by molar-refractivity contribution is 5.89. The van der Waals surface area contributed by atoms with Crippen LogP contribution in [0.1, 0.15) is 7.43 Å². The van der Waals surface area contributed by atoms with Gasteiger partial charge >= 0.3 is 5.97 Å². The first kappa shape index (κ1) is 44.8. The summed E-state index contributed by atoms with van der Waals surface area (Å²) in [6.07, 6.45) is 0. The van der Waals surface area contributed by atoms with E-state index in [1.165, 1.54) is 0 Å². The van der Waals surface area contributed by atoms with Crippen LogP contribution in [-0.2, 0) is 18.9 Å². The maximum atomic E-state index is 11.0. The molecule has 67 heavy (non-hydrogen) atoms. The third kappa shape index (κ3) is 9.70. The first-order valence-electron chi connectivity index (χ1n) is 21.8. The molecule has 2 aromatic heterocycles. The lowest BCUT2D eigenvalue weighted by molar-refractivity contribution is -0.134. The number of imidazole rings is 2. The normalized spacial score (nSPS) is 10.7. The molecule has 8 heteroatoms. The Morgan fingerprint density at radius 1 is 0.463 bits per heavy atom. The molecule has 0 saturated heterocycles. The van der Waals surface area contributed by atoms with Crippen molar-refractivity contribution >= 4 is 17.3 Å². The molecule has 0 bridgehead atoms. The molecule has 0 spiro atoms. The van der Waals surface area contributed by atoms with Gasteiger partial charge in [-0.15, -0.1) is 0 Å². The molecule has 330 valence electrons. The van der Waals surface area contributed by atoms with E-state index in [1.807, 2.05) is 103 Å². The van der Waals surface area contributed by atoms with Crippen molar-refractivity contribution in [3.05, 3.63) is 218 Å². The number of carboxylic acids is 1. The summed E-state index contributed by atoms with van der Waals surface area (Å²) in [6, 6.07) is 73.7. The first-order chi connectivity index (χ1) is 32.3. The highest BCUT2D eigenvalue weighted by Gasteiger charge is 2.23. The highest BCUT2D eigenvalue weighted by Crippen LogP contribution is 2.41. The number of hydrogen-bond acceptors (Lipinski definition) is 5. The average Bonchev–Trinajstić information content (AvgIpc) is 3.90.